The van der Waals surface area contributed by atoms with Gasteiger partial charge >= 0.3 is 12.4 Å². The van der Waals surface area contributed by atoms with Gasteiger partial charge < -0.3 is 4.90 Å². The molecule has 1 amide bonds. The lowest BCUT2D eigenvalue weighted by atomic mass is 10.1. The Morgan fingerprint density at radius 3 is 2.00 bits per heavy atom. The zero-order valence-corrected chi connectivity index (χ0v) is 11.5. The summed E-state index contributed by atoms with van der Waals surface area (Å²) in [5.74, 6) is -1.59. The predicted octanol–water partition coefficient (Wildman–Crippen LogP) is 3.47. The summed E-state index contributed by atoms with van der Waals surface area (Å²) in [6.45, 7) is -2.92. The molecule has 5 nitrogen and oxygen atoms in total. The first-order valence-corrected chi connectivity index (χ1v) is 5.98. The summed E-state index contributed by atoms with van der Waals surface area (Å²) < 4.78 is 74.2. The maximum atomic E-state index is 12.4. The molecule has 0 heterocycles. The maximum Gasteiger partial charge on any atom is 0.406 e. The van der Waals surface area contributed by atoms with Crippen molar-refractivity contribution in [2.75, 3.05) is 13.1 Å². The van der Waals surface area contributed by atoms with Crippen LogP contribution in [0.1, 0.15) is 15.9 Å². The van der Waals surface area contributed by atoms with Crippen LogP contribution < -0.4 is 0 Å². The normalized spacial score (nSPS) is 12.1. The molecule has 0 saturated heterocycles. The third-order valence-electron chi connectivity index (χ3n) is 2.68. The molecule has 1 rings (SSSR count). The van der Waals surface area contributed by atoms with E-state index in [0.29, 0.717) is 6.07 Å². The number of nitro groups is 1. The van der Waals surface area contributed by atoms with Crippen LogP contribution in [0.3, 0.4) is 0 Å². The Labute approximate surface area is 125 Å². The average molecular weight is 344 g/mol. The number of carbonyl (C=O) groups is 1. The Morgan fingerprint density at radius 2 is 1.61 bits per heavy atom. The van der Waals surface area contributed by atoms with Gasteiger partial charge in [0.15, 0.2) is 0 Å². The Balaban J connectivity index is 3.18. The second-order valence-corrected chi connectivity index (χ2v) is 4.65. The van der Waals surface area contributed by atoms with Crippen LogP contribution in [0.4, 0.5) is 32.0 Å². The van der Waals surface area contributed by atoms with Gasteiger partial charge in [-0.15, -0.1) is 0 Å². The summed E-state index contributed by atoms with van der Waals surface area (Å²) in [5, 5.41) is 10.7. The third-order valence-corrected chi connectivity index (χ3v) is 2.68. The van der Waals surface area contributed by atoms with Gasteiger partial charge in [0, 0.05) is 17.2 Å². The minimum atomic E-state index is -5.04. The lowest BCUT2D eigenvalue weighted by Crippen LogP contribution is -2.44. The molecule has 128 valence electrons. The molecule has 0 unspecified atom stereocenters. The van der Waals surface area contributed by atoms with Gasteiger partial charge in [0.1, 0.15) is 13.1 Å². The molecule has 0 fully saturated rings. The van der Waals surface area contributed by atoms with E-state index < -0.39 is 52.4 Å². The van der Waals surface area contributed by atoms with E-state index in [9.17, 15) is 41.3 Å². The number of carbonyl (C=O) groups excluding carboxylic acids is 1. The van der Waals surface area contributed by atoms with Crippen LogP contribution in [-0.2, 0) is 0 Å². The van der Waals surface area contributed by atoms with Gasteiger partial charge in [-0.2, -0.15) is 26.3 Å². The molecule has 0 aliphatic heterocycles. The van der Waals surface area contributed by atoms with Gasteiger partial charge in [-0.25, -0.2) is 0 Å². The van der Waals surface area contributed by atoms with E-state index in [1.807, 2.05) is 0 Å². The van der Waals surface area contributed by atoms with Crippen molar-refractivity contribution in [1.82, 2.24) is 4.90 Å². The molecule has 0 atom stereocenters. The molecule has 0 aliphatic rings. The number of hydrogen-bond donors (Lipinski definition) is 0. The van der Waals surface area contributed by atoms with Crippen molar-refractivity contribution < 1.29 is 36.1 Å². The second-order valence-electron chi connectivity index (χ2n) is 4.65. The smallest absolute Gasteiger partial charge is 0.320 e. The molecule has 1 aromatic carbocycles. The summed E-state index contributed by atoms with van der Waals surface area (Å²) in [5.41, 5.74) is -1.09. The summed E-state index contributed by atoms with van der Waals surface area (Å²) in [4.78, 5) is 21.3. The summed E-state index contributed by atoms with van der Waals surface area (Å²) >= 11 is 0. The number of rotatable bonds is 4. The zero-order chi connectivity index (χ0) is 18.0. The number of benzene rings is 1. The minimum Gasteiger partial charge on any atom is -0.320 e. The van der Waals surface area contributed by atoms with E-state index >= 15 is 0 Å². The van der Waals surface area contributed by atoms with Crippen molar-refractivity contribution in [2.45, 2.75) is 19.3 Å². The molecule has 1 aromatic rings. The average Bonchev–Trinajstić information content (AvgIpc) is 2.34. The number of alkyl halides is 6. The number of amides is 1. The van der Waals surface area contributed by atoms with E-state index in [1.165, 1.54) is 6.92 Å². The van der Waals surface area contributed by atoms with E-state index in [2.05, 4.69) is 0 Å². The molecular formula is C12H10F6N2O3. The SMILES string of the molecule is Cc1ccc(C(=O)N(CC(F)(F)F)CC(F)(F)F)cc1[N+](=O)[O-]. The van der Waals surface area contributed by atoms with Gasteiger partial charge in [-0.3, -0.25) is 14.9 Å². The van der Waals surface area contributed by atoms with Gasteiger partial charge in [0.05, 0.1) is 4.92 Å². The molecule has 0 aliphatic carbocycles. The number of nitro benzene ring substituents is 1. The molecule has 0 saturated carbocycles. The molecule has 0 radical (unpaired) electrons. The first kappa shape index (κ1) is 18.7. The highest BCUT2D eigenvalue weighted by Crippen LogP contribution is 2.25. The van der Waals surface area contributed by atoms with Gasteiger partial charge in [-0.05, 0) is 13.0 Å². The van der Waals surface area contributed by atoms with Gasteiger partial charge in [-0.1, -0.05) is 6.07 Å². The van der Waals surface area contributed by atoms with Crippen molar-refractivity contribution in [3.05, 3.63) is 39.4 Å². The highest BCUT2D eigenvalue weighted by atomic mass is 19.4. The highest BCUT2D eigenvalue weighted by molar-refractivity contribution is 5.95. The van der Waals surface area contributed by atoms with Crippen LogP contribution in [-0.4, -0.2) is 41.2 Å². The minimum absolute atomic E-state index is 0.116. The lowest BCUT2D eigenvalue weighted by molar-refractivity contribution is -0.385. The summed E-state index contributed by atoms with van der Waals surface area (Å²) in [6.07, 6.45) is -10.1. The second kappa shape index (κ2) is 6.42. The molecule has 0 aromatic heterocycles. The summed E-state index contributed by atoms with van der Waals surface area (Å²) in [7, 11) is 0. The molecule has 11 heteroatoms. The molecule has 0 spiro atoms. The fourth-order valence-corrected chi connectivity index (χ4v) is 1.75. The van der Waals surface area contributed by atoms with E-state index in [4.69, 9.17) is 0 Å². The van der Waals surface area contributed by atoms with Gasteiger partial charge in [0.25, 0.3) is 11.6 Å². The standard InChI is InChI=1S/C12H10F6N2O3/c1-7-2-3-8(4-9(7)20(22)23)10(21)19(5-11(13,14)15)6-12(16,17)18/h2-4H,5-6H2,1H3. The van der Waals surface area contributed by atoms with Crippen LogP contribution in [0.25, 0.3) is 0 Å². The maximum absolute atomic E-state index is 12.4. The van der Waals surface area contributed by atoms with Crippen molar-refractivity contribution in [1.29, 1.82) is 0 Å². The van der Waals surface area contributed by atoms with Crippen LogP contribution in [0.5, 0.6) is 0 Å². The fourth-order valence-electron chi connectivity index (χ4n) is 1.75. The fraction of sp³-hybridized carbons (Fsp3) is 0.417. The van der Waals surface area contributed by atoms with Crippen LogP contribution in [0, 0.1) is 17.0 Å². The lowest BCUT2D eigenvalue weighted by Gasteiger charge is -2.25. The van der Waals surface area contributed by atoms with Gasteiger partial charge in [0.2, 0.25) is 0 Å². The summed E-state index contributed by atoms with van der Waals surface area (Å²) in [6, 6.07) is 2.66. The highest BCUT2D eigenvalue weighted by Gasteiger charge is 2.40. The Bertz CT molecular complexity index is 596. The Hall–Kier alpha value is -2.33. The van der Waals surface area contributed by atoms with E-state index in [-0.39, 0.29) is 5.56 Å². The first-order valence-electron chi connectivity index (χ1n) is 5.98. The number of aryl methyl sites for hydroxylation is 1. The van der Waals surface area contributed by atoms with Crippen molar-refractivity contribution in [2.24, 2.45) is 0 Å². The molecular weight excluding hydrogens is 334 g/mol. The topological polar surface area (TPSA) is 63.5 Å². The third kappa shape index (κ3) is 5.75. The number of hydrogen-bond acceptors (Lipinski definition) is 3. The molecule has 23 heavy (non-hydrogen) atoms. The Morgan fingerprint density at radius 1 is 1.13 bits per heavy atom. The number of halogens is 6. The quantitative estimate of drug-likeness (QED) is 0.477. The van der Waals surface area contributed by atoms with Crippen LogP contribution >= 0.6 is 0 Å². The number of nitrogens with zero attached hydrogens (tertiary/aromatic N) is 2. The van der Waals surface area contributed by atoms with Crippen molar-refractivity contribution in [3.63, 3.8) is 0 Å². The largest absolute Gasteiger partial charge is 0.406 e. The zero-order valence-electron chi connectivity index (χ0n) is 11.5. The van der Waals surface area contributed by atoms with E-state index in [0.717, 1.165) is 12.1 Å². The first-order chi connectivity index (χ1) is 10.3. The Kier molecular flexibility index (Phi) is 5.23. The van der Waals surface area contributed by atoms with E-state index in [1.54, 1.807) is 0 Å². The van der Waals surface area contributed by atoms with Crippen LogP contribution in [0.15, 0.2) is 18.2 Å². The van der Waals surface area contributed by atoms with Crippen LogP contribution in [0.2, 0.25) is 0 Å². The monoisotopic (exact) mass is 344 g/mol. The van der Waals surface area contributed by atoms with Crippen molar-refractivity contribution in [3.8, 4) is 0 Å². The predicted molar refractivity (Wildman–Crippen MR) is 65.8 cm³/mol. The molecule has 0 N–H and O–H groups in total. The van der Waals surface area contributed by atoms with Crippen molar-refractivity contribution >= 4 is 11.6 Å². The molecule has 0 bridgehead atoms.